The number of hydrogen-bond donors (Lipinski definition) is 2. The fourth-order valence-electron chi connectivity index (χ4n) is 3.24. The topological polar surface area (TPSA) is 57.3 Å². The molecule has 0 aliphatic carbocycles. The number of amides is 1. The smallest absolute Gasteiger partial charge is 0.244 e. The zero-order valence-corrected chi connectivity index (χ0v) is 17.9. The zero-order valence-electron chi connectivity index (χ0n) is 14.7. The molecule has 2 unspecified atom stereocenters. The molecule has 142 valence electrons. The molecular formula is C20H17BrN4OS2. The van der Waals surface area contributed by atoms with E-state index in [9.17, 15) is 4.79 Å². The minimum Gasteiger partial charge on any atom is -0.352 e. The van der Waals surface area contributed by atoms with Crippen LogP contribution in [-0.2, 0) is 4.79 Å². The number of thiocarbonyl (C=S) groups is 1. The normalized spacial score (nSPS) is 18.8. The second-order valence-electron chi connectivity index (χ2n) is 6.34. The molecule has 0 bridgehead atoms. The number of anilines is 1. The van der Waals surface area contributed by atoms with Crippen LogP contribution < -0.4 is 10.6 Å². The molecule has 2 aromatic heterocycles. The van der Waals surface area contributed by atoms with Crippen LogP contribution >= 0.6 is 39.5 Å². The number of carbonyl (C=O) groups excluding carboxylic acids is 1. The first kappa shape index (κ1) is 19.0. The Bertz CT molecular complexity index is 980. The molecule has 3 heterocycles. The maximum Gasteiger partial charge on any atom is 0.244 e. The lowest BCUT2D eigenvalue weighted by Gasteiger charge is -2.26. The highest BCUT2D eigenvalue weighted by atomic mass is 79.9. The van der Waals surface area contributed by atoms with Gasteiger partial charge < -0.3 is 15.5 Å². The SMILES string of the molecule is O=C(CN1C(=S)NC(c2ccccn2)C1c1cc(Br)cs1)Nc1ccccc1. The lowest BCUT2D eigenvalue weighted by Crippen LogP contribution is -2.36. The minimum absolute atomic E-state index is 0.111. The van der Waals surface area contributed by atoms with Crippen LogP contribution in [0.5, 0.6) is 0 Å². The summed E-state index contributed by atoms with van der Waals surface area (Å²) in [5.74, 6) is -0.113. The summed E-state index contributed by atoms with van der Waals surface area (Å²) < 4.78 is 1.01. The molecule has 1 aliphatic rings. The number of halogens is 1. The predicted octanol–water partition coefficient (Wildman–Crippen LogP) is 4.52. The van der Waals surface area contributed by atoms with Crippen molar-refractivity contribution in [2.24, 2.45) is 0 Å². The Morgan fingerprint density at radius 1 is 1.25 bits per heavy atom. The van der Waals surface area contributed by atoms with Crippen LogP contribution in [0.15, 0.2) is 70.6 Å². The van der Waals surface area contributed by atoms with Gasteiger partial charge in [-0.2, -0.15) is 0 Å². The van der Waals surface area contributed by atoms with Crippen LogP contribution in [0.3, 0.4) is 0 Å². The van der Waals surface area contributed by atoms with Crippen molar-refractivity contribution in [3.8, 4) is 0 Å². The molecule has 5 nitrogen and oxygen atoms in total. The van der Waals surface area contributed by atoms with Gasteiger partial charge in [-0.25, -0.2) is 0 Å². The standard InChI is InChI=1S/C20H17BrN4OS2/c21-13-10-16(28-12-13)19-18(15-8-4-5-9-22-15)24-20(27)25(19)11-17(26)23-14-6-2-1-3-7-14/h1-10,12,18-19H,11H2,(H,23,26)(H,24,27). The van der Waals surface area contributed by atoms with Gasteiger partial charge in [0.25, 0.3) is 0 Å². The maximum atomic E-state index is 12.7. The van der Waals surface area contributed by atoms with Crippen molar-refractivity contribution in [1.82, 2.24) is 15.2 Å². The average Bonchev–Trinajstić information content (AvgIpc) is 3.26. The monoisotopic (exact) mass is 472 g/mol. The van der Waals surface area contributed by atoms with E-state index >= 15 is 0 Å². The molecule has 2 N–H and O–H groups in total. The zero-order chi connectivity index (χ0) is 19.5. The third-order valence-electron chi connectivity index (χ3n) is 4.45. The Kier molecular flexibility index (Phi) is 5.70. The molecule has 8 heteroatoms. The maximum absolute atomic E-state index is 12.7. The van der Waals surface area contributed by atoms with Crippen molar-refractivity contribution in [1.29, 1.82) is 0 Å². The largest absolute Gasteiger partial charge is 0.352 e. The Labute approximate surface area is 180 Å². The lowest BCUT2D eigenvalue weighted by atomic mass is 10.0. The highest BCUT2D eigenvalue weighted by molar-refractivity contribution is 9.10. The first-order valence-electron chi connectivity index (χ1n) is 8.69. The van der Waals surface area contributed by atoms with E-state index < -0.39 is 0 Å². The summed E-state index contributed by atoms with van der Waals surface area (Å²) >= 11 is 10.7. The van der Waals surface area contributed by atoms with Crippen molar-refractivity contribution < 1.29 is 4.79 Å². The highest BCUT2D eigenvalue weighted by Gasteiger charge is 2.41. The summed E-state index contributed by atoms with van der Waals surface area (Å²) in [6.45, 7) is 0.157. The highest BCUT2D eigenvalue weighted by Crippen LogP contribution is 2.41. The number of pyridine rings is 1. The molecule has 3 aromatic rings. The van der Waals surface area contributed by atoms with Gasteiger partial charge in [-0.3, -0.25) is 9.78 Å². The quantitative estimate of drug-likeness (QED) is 0.534. The second-order valence-corrected chi connectivity index (χ2v) is 8.58. The van der Waals surface area contributed by atoms with Crippen LogP contribution in [-0.4, -0.2) is 27.4 Å². The average molecular weight is 473 g/mol. The van der Waals surface area contributed by atoms with E-state index in [0.717, 1.165) is 20.7 Å². The van der Waals surface area contributed by atoms with Crippen LogP contribution in [0.2, 0.25) is 0 Å². The number of nitrogens with zero attached hydrogens (tertiary/aromatic N) is 2. The van der Waals surface area contributed by atoms with E-state index in [1.165, 1.54) is 0 Å². The Morgan fingerprint density at radius 2 is 2.04 bits per heavy atom. The van der Waals surface area contributed by atoms with Gasteiger partial charge in [0, 0.05) is 26.6 Å². The van der Waals surface area contributed by atoms with E-state index in [-0.39, 0.29) is 24.5 Å². The van der Waals surface area contributed by atoms with E-state index in [1.807, 2.05) is 58.8 Å². The van der Waals surface area contributed by atoms with Crippen LogP contribution in [0.4, 0.5) is 5.69 Å². The summed E-state index contributed by atoms with van der Waals surface area (Å²) in [7, 11) is 0. The number of aromatic nitrogens is 1. The van der Waals surface area contributed by atoms with Gasteiger partial charge >= 0.3 is 0 Å². The van der Waals surface area contributed by atoms with Gasteiger partial charge in [0.05, 0.1) is 17.8 Å². The van der Waals surface area contributed by atoms with Crippen molar-refractivity contribution in [3.05, 3.63) is 81.2 Å². The second kappa shape index (κ2) is 8.38. The van der Waals surface area contributed by atoms with Crippen molar-refractivity contribution in [2.45, 2.75) is 12.1 Å². The number of hydrogen-bond acceptors (Lipinski definition) is 4. The van der Waals surface area contributed by atoms with Gasteiger partial charge in [-0.1, -0.05) is 24.3 Å². The summed E-state index contributed by atoms with van der Waals surface area (Å²) in [5, 5.41) is 8.87. The Morgan fingerprint density at radius 3 is 2.71 bits per heavy atom. The molecule has 1 aliphatic heterocycles. The third kappa shape index (κ3) is 4.09. The van der Waals surface area contributed by atoms with Gasteiger partial charge in [-0.15, -0.1) is 11.3 Å². The Balaban J connectivity index is 1.61. The van der Waals surface area contributed by atoms with Crippen molar-refractivity contribution >= 4 is 56.2 Å². The molecule has 2 atom stereocenters. The summed E-state index contributed by atoms with van der Waals surface area (Å²) in [4.78, 5) is 20.2. The van der Waals surface area contributed by atoms with E-state index in [4.69, 9.17) is 12.2 Å². The number of carbonyl (C=O) groups is 1. The van der Waals surface area contributed by atoms with E-state index in [1.54, 1.807) is 17.5 Å². The number of benzene rings is 1. The summed E-state index contributed by atoms with van der Waals surface area (Å²) in [6.07, 6.45) is 1.77. The van der Waals surface area contributed by atoms with Gasteiger partial charge in [0.15, 0.2) is 5.11 Å². The molecule has 0 spiro atoms. The van der Waals surface area contributed by atoms with E-state index in [2.05, 4.69) is 37.6 Å². The lowest BCUT2D eigenvalue weighted by molar-refractivity contribution is -0.116. The van der Waals surface area contributed by atoms with Crippen LogP contribution in [0.1, 0.15) is 22.7 Å². The first-order valence-corrected chi connectivity index (χ1v) is 10.8. The van der Waals surface area contributed by atoms with Crippen molar-refractivity contribution in [3.63, 3.8) is 0 Å². The predicted molar refractivity (Wildman–Crippen MR) is 119 cm³/mol. The number of rotatable bonds is 5. The summed E-state index contributed by atoms with van der Waals surface area (Å²) in [6, 6.07) is 17.1. The minimum atomic E-state index is -0.122. The number of para-hydroxylation sites is 1. The van der Waals surface area contributed by atoms with Crippen LogP contribution in [0, 0.1) is 0 Å². The molecule has 4 rings (SSSR count). The van der Waals surface area contributed by atoms with Crippen LogP contribution in [0.25, 0.3) is 0 Å². The molecular weight excluding hydrogens is 456 g/mol. The molecule has 1 amide bonds. The van der Waals surface area contributed by atoms with Gasteiger partial charge in [-0.05, 0) is 58.5 Å². The molecule has 1 fully saturated rings. The molecule has 0 saturated carbocycles. The fraction of sp³-hybridized carbons (Fsp3) is 0.150. The molecule has 28 heavy (non-hydrogen) atoms. The van der Waals surface area contributed by atoms with Gasteiger partial charge in [0.2, 0.25) is 5.91 Å². The number of nitrogens with one attached hydrogen (secondary N) is 2. The Hall–Kier alpha value is -2.29. The first-order chi connectivity index (χ1) is 13.6. The molecule has 1 aromatic carbocycles. The van der Waals surface area contributed by atoms with Gasteiger partial charge in [0.1, 0.15) is 6.54 Å². The fourth-order valence-corrected chi connectivity index (χ4v) is 5.14. The van der Waals surface area contributed by atoms with E-state index in [0.29, 0.717) is 5.11 Å². The van der Waals surface area contributed by atoms with Crippen molar-refractivity contribution in [2.75, 3.05) is 11.9 Å². The third-order valence-corrected chi connectivity index (χ3v) is 6.57. The molecule has 1 saturated heterocycles. The molecule has 0 radical (unpaired) electrons. The summed E-state index contributed by atoms with van der Waals surface area (Å²) in [5.41, 5.74) is 1.66. The number of thiophene rings is 1.